The average Bonchev–Trinajstić information content (AvgIpc) is 1.53. The van der Waals surface area contributed by atoms with Gasteiger partial charge in [-0.3, -0.25) is 43.3 Å². The lowest BCUT2D eigenvalue weighted by Crippen LogP contribution is -2.43. The number of nitrogens with zero attached hydrogens (tertiary/aromatic N) is 4. The van der Waals surface area contributed by atoms with Crippen molar-refractivity contribution in [3.05, 3.63) is 0 Å². The summed E-state index contributed by atoms with van der Waals surface area (Å²) in [6.45, 7) is 21.3. The van der Waals surface area contributed by atoms with Crippen LogP contribution in [0, 0.1) is 243 Å². The first-order valence-corrected chi connectivity index (χ1v) is 45.1. The molecule has 17 aliphatic carbocycles. The number of unbranched alkanes of at least 4 members (excludes halogenated alkanes) is 1. The number of alkyl halides is 3. The summed E-state index contributed by atoms with van der Waals surface area (Å²) in [4.78, 5) is 105. The third-order valence-corrected chi connectivity index (χ3v) is 38.3. The molecule has 0 spiro atoms. The van der Waals surface area contributed by atoms with E-state index in [4.69, 9.17) is 8.57 Å². The minimum absolute atomic E-state index is 0.0615. The molecule has 27 heteroatoms. The Hall–Kier alpha value is -3.92. The standard InChI is InChI=1S/C23H33NO2.C20H29NO5S.C17H20F3NO5S.C17H23NO5S/c1-11-12(2)15-8-14(11)18-16-9-17(19(15)18)21-20(16)22(25)24(23(21)26)10-13-6-4-3-5-7-13;1-4-5-6-27(24,25)26-21-19(22)17-13-8-14(18(17)20(21)23)16-12-7-11(15(13)16)9(2)10(12)3;1-5-6(2)8-3-7(5)11-9-4-10(12(8)11)14-13(9)15(22)21(16(14)23)26-27(24,25)17(18,19)20;1-6-7(2)9-4-8(6)12-10-5-11(13(9)12)15-14(10)16(19)18(17(15)20)23-24(3,21)22/h11-21H,3-10H2,1-2H3;9-18H,4-8H2,1-3H3;5-14H,3-4H2,1-2H3;6-15H,4-5H2,1-3H3. The van der Waals surface area contributed by atoms with Crippen molar-refractivity contribution in [1.82, 2.24) is 20.1 Å². The summed E-state index contributed by atoms with van der Waals surface area (Å²) in [6, 6.07) is 0. The van der Waals surface area contributed by atoms with Gasteiger partial charge in [0.05, 0.1) is 59.4 Å². The average molecular weight is 1510 g/mol. The molecule has 0 aromatic carbocycles. The van der Waals surface area contributed by atoms with Crippen LogP contribution in [0.1, 0.15) is 159 Å². The fourth-order valence-electron chi connectivity index (χ4n) is 32.1. The molecule has 4 aliphatic heterocycles. The Labute approximate surface area is 609 Å². The van der Waals surface area contributed by atoms with E-state index in [1.54, 1.807) is 4.90 Å². The summed E-state index contributed by atoms with van der Waals surface area (Å²) in [5.74, 6) is 11.6. The molecule has 574 valence electrons. The number of carbonyl (C=O) groups excluding carboxylic acids is 8. The minimum atomic E-state index is -6.05. The van der Waals surface area contributed by atoms with Crippen LogP contribution in [0.15, 0.2) is 0 Å². The van der Waals surface area contributed by atoms with Gasteiger partial charge in [-0.25, -0.2) is 0 Å². The number of likely N-dealkylation sites (tertiary alicyclic amines) is 1. The Balaban J connectivity index is 0.0000000989. The first-order valence-electron chi connectivity index (χ1n) is 40.3. The Morgan fingerprint density at radius 3 is 0.846 bits per heavy atom. The van der Waals surface area contributed by atoms with Crippen LogP contribution in [0.25, 0.3) is 0 Å². The van der Waals surface area contributed by atoms with Crippen molar-refractivity contribution in [3.63, 3.8) is 0 Å². The highest BCUT2D eigenvalue weighted by molar-refractivity contribution is 7.87. The van der Waals surface area contributed by atoms with Crippen LogP contribution in [0.5, 0.6) is 0 Å². The van der Waals surface area contributed by atoms with Gasteiger partial charge in [-0.1, -0.05) is 88.0 Å². The first kappa shape index (κ1) is 71.7. The van der Waals surface area contributed by atoms with Gasteiger partial charge in [0.15, 0.2) is 0 Å². The van der Waals surface area contributed by atoms with Crippen LogP contribution in [-0.4, -0.2) is 117 Å². The van der Waals surface area contributed by atoms with Crippen LogP contribution >= 0.6 is 0 Å². The van der Waals surface area contributed by atoms with E-state index in [9.17, 15) is 76.8 Å². The molecule has 4 saturated heterocycles. The van der Waals surface area contributed by atoms with E-state index >= 15 is 0 Å². The molecule has 0 radical (unpaired) electrons. The summed E-state index contributed by atoms with van der Waals surface area (Å²) in [6.07, 6.45) is 17.2. The molecule has 17 saturated carbocycles. The molecule has 0 aromatic rings. The summed E-state index contributed by atoms with van der Waals surface area (Å²) in [5.41, 5.74) is -5.69. The molecular weight excluding hydrogens is 1410 g/mol. The van der Waals surface area contributed by atoms with E-state index in [0.717, 1.165) is 74.0 Å². The van der Waals surface area contributed by atoms with E-state index in [-0.39, 0.29) is 93.6 Å². The number of hydrogen-bond acceptors (Lipinski definition) is 17. The number of halogens is 3. The zero-order chi connectivity index (χ0) is 73.7. The third-order valence-electron chi connectivity index (χ3n) is 35.8. The van der Waals surface area contributed by atoms with Crippen LogP contribution in [0.4, 0.5) is 13.2 Å². The molecule has 40 atom stereocenters. The zero-order valence-electron chi connectivity index (χ0n) is 61.3. The lowest BCUT2D eigenvalue weighted by molar-refractivity contribution is -0.170. The predicted octanol–water partition coefficient (Wildman–Crippen LogP) is 9.88. The molecule has 21 rings (SSSR count). The van der Waals surface area contributed by atoms with Crippen molar-refractivity contribution in [3.8, 4) is 0 Å². The van der Waals surface area contributed by atoms with Crippen molar-refractivity contribution >= 4 is 77.6 Å². The van der Waals surface area contributed by atoms with Gasteiger partial charge in [-0.2, -0.15) is 38.4 Å². The highest BCUT2D eigenvalue weighted by Gasteiger charge is 2.79. The number of amides is 8. The van der Waals surface area contributed by atoms with Gasteiger partial charge in [0.1, 0.15) is 0 Å². The number of hydrogen-bond donors (Lipinski definition) is 0. The highest BCUT2D eigenvalue weighted by atomic mass is 32.2. The Kier molecular flexibility index (Phi) is 16.6. The number of hydroxylamine groups is 6. The number of fused-ring (bicyclic) bond motifs is 48. The fourth-order valence-corrected chi connectivity index (χ4v) is 34.0. The molecule has 21 aliphatic rings. The van der Waals surface area contributed by atoms with Gasteiger partial charge in [0.2, 0.25) is 11.8 Å². The molecule has 0 aromatic heterocycles. The van der Waals surface area contributed by atoms with Crippen molar-refractivity contribution in [2.75, 3.05) is 18.6 Å². The summed E-state index contributed by atoms with van der Waals surface area (Å²) >= 11 is 0. The molecule has 40 unspecified atom stereocenters. The molecule has 104 heavy (non-hydrogen) atoms. The lowest BCUT2D eigenvalue weighted by Gasteiger charge is -2.43. The van der Waals surface area contributed by atoms with Gasteiger partial charge in [0.25, 0.3) is 55.7 Å². The molecular formula is C77H105F3N4O17S3. The largest absolute Gasteiger partial charge is 0.525 e. The smallest absolute Gasteiger partial charge is 0.282 e. The van der Waals surface area contributed by atoms with Crippen molar-refractivity contribution in [2.24, 2.45) is 243 Å². The van der Waals surface area contributed by atoms with Crippen molar-refractivity contribution in [2.45, 2.75) is 164 Å². The molecule has 16 bridgehead atoms. The molecule has 4 heterocycles. The van der Waals surface area contributed by atoms with E-state index in [2.05, 4.69) is 59.7 Å². The second-order valence-electron chi connectivity index (χ2n) is 38.4. The van der Waals surface area contributed by atoms with E-state index in [1.165, 1.54) is 57.8 Å². The van der Waals surface area contributed by atoms with Crippen LogP contribution in [0.3, 0.4) is 0 Å². The van der Waals surface area contributed by atoms with Crippen molar-refractivity contribution < 1.29 is 89.6 Å². The third kappa shape index (κ3) is 9.68. The monoisotopic (exact) mass is 1510 g/mol. The highest BCUT2D eigenvalue weighted by Crippen LogP contribution is 2.78. The maximum Gasteiger partial charge on any atom is 0.525 e. The summed E-state index contributed by atoms with van der Waals surface area (Å²) < 4.78 is 121. The van der Waals surface area contributed by atoms with E-state index < -0.39 is 83.1 Å². The molecule has 0 N–H and O–H groups in total. The van der Waals surface area contributed by atoms with E-state index in [0.29, 0.717) is 147 Å². The van der Waals surface area contributed by atoms with Crippen molar-refractivity contribution in [1.29, 1.82) is 0 Å². The van der Waals surface area contributed by atoms with Gasteiger partial charge in [-0.05, 0) is 266 Å². The quantitative estimate of drug-likeness (QED) is 0.106. The Morgan fingerprint density at radius 2 is 0.596 bits per heavy atom. The zero-order valence-corrected chi connectivity index (χ0v) is 63.7. The first-order chi connectivity index (χ1) is 49.0. The van der Waals surface area contributed by atoms with Crippen LogP contribution in [0.2, 0.25) is 0 Å². The normalized spacial score (nSPS) is 52.5. The Bertz CT molecular complexity index is 3880. The number of rotatable bonds is 11. The molecule has 21 fully saturated rings. The molecule has 21 nitrogen and oxygen atoms in total. The maximum atomic E-state index is 13.3. The van der Waals surface area contributed by atoms with Gasteiger partial charge < -0.3 is 0 Å². The summed E-state index contributed by atoms with van der Waals surface area (Å²) in [7, 11) is -13.8. The van der Waals surface area contributed by atoms with Gasteiger partial charge >= 0.3 is 15.6 Å². The molecule has 8 amide bonds. The van der Waals surface area contributed by atoms with Gasteiger partial charge in [-0.15, -0.1) is 28.0 Å². The maximum absolute atomic E-state index is 13.3. The topological polar surface area (TPSA) is 280 Å². The number of carbonyl (C=O) groups is 8. The second kappa shape index (κ2) is 24.0. The Morgan fingerprint density at radius 1 is 0.356 bits per heavy atom. The van der Waals surface area contributed by atoms with E-state index in [1.807, 2.05) is 6.92 Å². The SMILES string of the molecule is CC1C(C)C2CC1C1C3CC(C4C(=O)N(CC5CCCCC5)C(=O)C34)C21.CC1C(C)C2CC1C1C3CC(C4C(=O)N(OS(=O)(=O)C(F)(F)F)C(=O)C34)C21.CC1C(C)C2CC1C1C3CC(C4C(=O)N(OS(C)(=O)=O)C(=O)C34)C21.CCCCS(=O)(=O)ON1C(=O)C2C3CC(C2C1=O)C1C2CC(C(C)C2C)C31. The predicted molar refractivity (Wildman–Crippen MR) is 363 cm³/mol. The van der Waals surface area contributed by atoms with Crippen LogP contribution in [-0.2, 0) is 81.6 Å². The second-order valence-corrected chi connectivity index (χ2v) is 43.1. The lowest BCUT2D eigenvalue weighted by atomic mass is 9.60. The van der Waals surface area contributed by atoms with Gasteiger partial charge in [0, 0.05) is 6.54 Å². The summed E-state index contributed by atoms with van der Waals surface area (Å²) in [5, 5.41) is 1.06. The number of imide groups is 4. The fraction of sp³-hybridized carbons (Fsp3) is 0.896. The minimum Gasteiger partial charge on any atom is -0.282 e. The van der Waals surface area contributed by atoms with Crippen LogP contribution < -0.4 is 0 Å².